The van der Waals surface area contributed by atoms with E-state index in [0.29, 0.717) is 6.42 Å². The largest absolute Gasteiger partial charge is 0.344 e. The minimum Gasteiger partial charge on any atom is -0.344 e. The van der Waals surface area contributed by atoms with Crippen molar-refractivity contribution in [2.24, 2.45) is 5.92 Å². The second-order valence-electron chi connectivity index (χ2n) is 5.02. The van der Waals surface area contributed by atoms with Gasteiger partial charge in [0, 0.05) is 19.0 Å². The summed E-state index contributed by atoms with van der Waals surface area (Å²) in [6.07, 6.45) is 0.717. The summed E-state index contributed by atoms with van der Waals surface area (Å²) in [6.45, 7) is 5.77. The molecule has 1 N–H and O–H groups in total. The van der Waals surface area contributed by atoms with Crippen LogP contribution in [0.4, 0.5) is 0 Å². The van der Waals surface area contributed by atoms with Crippen molar-refractivity contribution < 1.29 is 18.0 Å². The van der Waals surface area contributed by atoms with Gasteiger partial charge in [-0.1, -0.05) is 13.8 Å². The molecule has 0 radical (unpaired) electrons. The van der Waals surface area contributed by atoms with Crippen LogP contribution >= 0.6 is 0 Å². The number of amides is 2. The molecular formula is C12H22N2O4S. The molecule has 1 saturated heterocycles. The van der Waals surface area contributed by atoms with E-state index in [1.165, 1.54) is 4.90 Å². The van der Waals surface area contributed by atoms with Gasteiger partial charge in [-0.3, -0.25) is 9.59 Å². The van der Waals surface area contributed by atoms with E-state index in [0.717, 1.165) is 0 Å². The third-order valence-corrected chi connectivity index (χ3v) is 5.05. The Labute approximate surface area is 114 Å². The molecule has 0 aromatic heterocycles. The van der Waals surface area contributed by atoms with E-state index in [9.17, 15) is 18.0 Å². The lowest BCUT2D eigenvalue weighted by molar-refractivity contribution is -0.136. The zero-order chi connectivity index (χ0) is 14.6. The van der Waals surface area contributed by atoms with Crippen molar-refractivity contribution in [1.29, 1.82) is 0 Å². The summed E-state index contributed by atoms with van der Waals surface area (Å²) in [6, 6.07) is -0.609. The van der Waals surface area contributed by atoms with Crippen molar-refractivity contribution in [3.63, 3.8) is 0 Å². The Morgan fingerprint density at radius 2 is 1.74 bits per heavy atom. The Morgan fingerprint density at radius 1 is 1.21 bits per heavy atom. The molecule has 7 heteroatoms. The number of nitrogens with zero attached hydrogens (tertiary/aromatic N) is 1. The van der Waals surface area contributed by atoms with Crippen LogP contribution in [0.25, 0.3) is 0 Å². The second-order valence-corrected chi connectivity index (χ2v) is 7.32. The summed E-state index contributed by atoms with van der Waals surface area (Å²) in [7, 11) is -3.00. The van der Waals surface area contributed by atoms with E-state index < -0.39 is 15.9 Å². The smallest absolute Gasteiger partial charge is 0.244 e. The molecule has 110 valence electrons. The molecule has 0 aromatic carbocycles. The van der Waals surface area contributed by atoms with Crippen LogP contribution in [0.15, 0.2) is 0 Å². The lowest BCUT2D eigenvalue weighted by Gasteiger charge is -2.29. The van der Waals surface area contributed by atoms with Crippen molar-refractivity contribution in [3.05, 3.63) is 0 Å². The lowest BCUT2D eigenvalue weighted by atomic mass is 10.1. The maximum Gasteiger partial charge on any atom is 0.244 e. The Hall–Kier alpha value is -1.11. The first-order valence-corrected chi connectivity index (χ1v) is 8.38. The number of carbonyl (C=O) groups excluding carboxylic acids is 2. The van der Waals surface area contributed by atoms with Gasteiger partial charge in [-0.15, -0.1) is 0 Å². The van der Waals surface area contributed by atoms with Crippen LogP contribution in [0.1, 0.15) is 27.2 Å². The van der Waals surface area contributed by atoms with Gasteiger partial charge in [0.2, 0.25) is 11.8 Å². The van der Waals surface area contributed by atoms with E-state index in [2.05, 4.69) is 5.32 Å². The van der Waals surface area contributed by atoms with Crippen molar-refractivity contribution in [2.45, 2.75) is 33.2 Å². The molecule has 0 saturated carbocycles. The Morgan fingerprint density at radius 3 is 2.21 bits per heavy atom. The maximum absolute atomic E-state index is 12.1. The van der Waals surface area contributed by atoms with Crippen molar-refractivity contribution in [3.8, 4) is 0 Å². The topological polar surface area (TPSA) is 83.6 Å². The van der Waals surface area contributed by atoms with Crippen LogP contribution in [-0.4, -0.2) is 55.8 Å². The molecular weight excluding hydrogens is 268 g/mol. The van der Waals surface area contributed by atoms with Crippen LogP contribution in [0.2, 0.25) is 0 Å². The highest BCUT2D eigenvalue weighted by molar-refractivity contribution is 7.91. The third kappa shape index (κ3) is 4.49. The SMILES string of the molecule is CC[C@H](C)C(=O)N[C@H](C)C(=O)N1CCS(=O)(=O)CC1. The second kappa shape index (κ2) is 6.36. The molecule has 1 heterocycles. The summed E-state index contributed by atoms with van der Waals surface area (Å²) < 4.78 is 22.6. The van der Waals surface area contributed by atoms with E-state index >= 15 is 0 Å². The standard InChI is InChI=1S/C12H22N2O4S/c1-4-9(2)11(15)13-10(3)12(16)14-5-7-19(17,18)8-6-14/h9-10H,4-8H2,1-3H3,(H,13,15)/t9-,10+/m0/s1. The molecule has 0 spiro atoms. The summed E-state index contributed by atoms with van der Waals surface area (Å²) in [5.74, 6) is -0.480. The van der Waals surface area contributed by atoms with Crippen LogP contribution < -0.4 is 5.32 Å². The number of sulfone groups is 1. The molecule has 0 aliphatic carbocycles. The number of hydrogen-bond acceptors (Lipinski definition) is 4. The molecule has 1 aliphatic rings. The monoisotopic (exact) mass is 290 g/mol. The Bertz CT molecular complexity index is 433. The Balaban J connectivity index is 2.52. The fourth-order valence-corrected chi connectivity index (χ4v) is 3.01. The fourth-order valence-electron chi connectivity index (χ4n) is 1.81. The zero-order valence-corrected chi connectivity index (χ0v) is 12.5. The number of hydrogen-bond donors (Lipinski definition) is 1. The normalized spacial score (nSPS) is 21.5. The minimum absolute atomic E-state index is 0.00473. The van der Waals surface area contributed by atoms with Crippen molar-refractivity contribution >= 4 is 21.7 Å². The quantitative estimate of drug-likeness (QED) is 0.777. The van der Waals surface area contributed by atoms with Gasteiger partial charge < -0.3 is 10.2 Å². The van der Waals surface area contributed by atoms with Gasteiger partial charge in [-0.25, -0.2) is 8.42 Å². The van der Waals surface area contributed by atoms with Crippen molar-refractivity contribution in [1.82, 2.24) is 10.2 Å². The predicted octanol–water partition coefficient (Wildman–Crippen LogP) is -0.206. The van der Waals surface area contributed by atoms with Gasteiger partial charge in [0.25, 0.3) is 0 Å². The molecule has 1 rings (SSSR count). The summed E-state index contributed by atoms with van der Waals surface area (Å²) in [4.78, 5) is 25.3. The summed E-state index contributed by atoms with van der Waals surface area (Å²) >= 11 is 0. The maximum atomic E-state index is 12.1. The van der Waals surface area contributed by atoms with Crippen LogP contribution in [-0.2, 0) is 19.4 Å². The van der Waals surface area contributed by atoms with Crippen LogP contribution in [0, 0.1) is 5.92 Å². The average Bonchev–Trinajstić information content (AvgIpc) is 2.36. The molecule has 0 aromatic rings. The van der Waals surface area contributed by atoms with E-state index in [1.807, 2.05) is 6.92 Å². The summed E-state index contributed by atoms with van der Waals surface area (Å²) in [5.41, 5.74) is 0. The van der Waals surface area contributed by atoms with Gasteiger partial charge in [-0.2, -0.15) is 0 Å². The molecule has 6 nitrogen and oxygen atoms in total. The van der Waals surface area contributed by atoms with Gasteiger partial charge in [0.15, 0.2) is 9.84 Å². The molecule has 1 aliphatic heterocycles. The molecule has 0 bridgehead atoms. The van der Waals surface area contributed by atoms with Gasteiger partial charge >= 0.3 is 0 Å². The lowest BCUT2D eigenvalue weighted by Crippen LogP contribution is -2.52. The Kier molecular flexibility index (Phi) is 5.34. The predicted molar refractivity (Wildman–Crippen MR) is 72.3 cm³/mol. The van der Waals surface area contributed by atoms with Gasteiger partial charge in [0.05, 0.1) is 11.5 Å². The van der Waals surface area contributed by atoms with Crippen LogP contribution in [0.3, 0.4) is 0 Å². The highest BCUT2D eigenvalue weighted by Gasteiger charge is 2.28. The molecule has 2 atom stereocenters. The van der Waals surface area contributed by atoms with E-state index in [1.54, 1.807) is 13.8 Å². The van der Waals surface area contributed by atoms with Crippen LogP contribution in [0.5, 0.6) is 0 Å². The molecule has 1 fully saturated rings. The fraction of sp³-hybridized carbons (Fsp3) is 0.833. The van der Waals surface area contributed by atoms with Gasteiger partial charge in [0.1, 0.15) is 6.04 Å². The highest BCUT2D eigenvalue weighted by atomic mass is 32.2. The first-order valence-electron chi connectivity index (χ1n) is 6.56. The average molecular weight is 290 g/mol. The van der Waals surface area contributed by atoms with E-state index in [4.69, 9.17) is 0 Å². The van der Waals surface area contributed by atoms with Gasteiger partial charge in [-0.05, 0) is 13.3 Å². The van der Waals surface area contributed by atoms with E-state index in [-0.39, 0.29) is 42.3 Å². The minimum atomic E-state index is -3.00. The third-order valence-electron chi connectivity index (χ3n) is 3.45. The zero-order valence-electron chi connectivity index (χ0n) is 11.7. The first kappa shape index (κ1) is 15.9. The first-order chi connectivity index (χ1) is 8.76. The number of nitrogens with one attached hydrogen (secondary N) is 1. The highest BCUT2D eigenvalue weighted by Crippen LogP contribution is 2.07. The number of carbonyl (C=O) groups is 2. The van der Waals surface area contributed by atoms with Crippen molar-refractivity contribution in [2.75, 3.05) is 24.6 Å². The molecule has 2 amide bonds. The molecule has 19 heavy (non-hydrogen) atoms. The summed E-state index contributed by atoms with van der Waals surface area (Å²) in [5, 5.41) is 2.67. The number of rotatable bonds is 4. The molecule has 0 unspecified atom stereocenters.